The molecule has 0 bridgehead atoms. The lowest BCUT2D eigenvalue weighted by molar-refractivity contribution is 0.712. The number of thiophene rings is 1. The second kappa shape index (κ2) is 2.75. The lowest BCUT2D eigenvalue weighted by atomic mass is 10.2. The second-order valence-electron chi connectivity index (χ2n) is 2.93. The van der Waals surface area contributed by atoms with Gasteiger partial charge in [0.15, 0.2) is 0 Å². The van der Waals surface area contributed by atoms with E-state index in [0.29, 0.717) is 0 Å². The minimum Gasteiger partial charge on any atom is -0.149 e. The number of hydrogen-bond donors (Lipinski definition) is 0. The Labute approximate surface area is 65.9 Å². The van der Waals surface area contributed by atoms with Crippen LogP contribution in [0.1, 0.15) is 29.7 Å². The fourth-order valence-electron chi connectivity index (χ4n) is 1.59. The number of rotatable bonds is 0. The molecular weight excluding hydrogens is 140 g/mol. The molecular formula is C9H12S. The van der Waals surface area contributed by atoms with Crippen LogP contribution in [-0.2, 0) is 12.8 Å². The summed E-state index contributed by atoms with van der Waals surface area (Å²) in [6.45, 7) is 0. The summed E-state index contributed by atoms with van der Waals surface area (Å²) in [5, 5.41) is 2.23. The molecule has 1 aromatic rings. The summed E-state index contributed by atoms with van der Waals surface area (Å²) in [5.74, 6) is 0. The van der Waals surface area contributed by atoms with Crippen LogP contribution in [0.25, 0.3) is 0 Å². The summed E-state index contributed by atoms with van der Waals surface area (Å²) in [6, 6.07) is 2.30. The molecule has 1 aliphatic carbocycles. The average molecular weight is 152 g/mol. The van der Waals surface area contributed by atoms with E-state index in [4.69, 9.17) is 0 Å². The number of hydrogen-bond acceptors (Lipinski definition) is 1. The Kier molecular flexibility index (Phi) is 1.76. The molecule has 0 N–H and O–H groups in total. The Morgan fingerprint density at radius 3 is 3.00 bits per heavy atom. The monoisotopic (exact) mass is 152 g/mol. The van der Waals surface area contributed by atoms with Crippen LogP contribution in [0.2, 0.25) is 0 Å². The molecule has 0 aliphatic heterocycles. The van der Waals surface area contributed by atoms with Gasteiger partial charge >= 0.3 is 0 Å². The Bertz CT molecular complexity index is 192. The lowest BCUT2D eigenvalue weighted by Gasteiger charge is -1.92. The molecule has 0 fully saturated rings. The molecule has 2 rings (SSSR count). The van der Waals surface area contributed by atoms with Gasteiger partial charge in [-0.25, -0.2) is 0 Å². The van der Waals surface area contributed by atoms with Crippen molar-refractivity contribution in [2.75, 3.05) is 0 Å². The van der Waals surface area contributed by atoms with Crippen molar-refractivity contribution in [3.05, 3.63) is 21.9 Å². The molecule has 1 aliphatic rings. The summed E-state index contributed by atoms with van der Waals surface area (Å²) in [6.07, 6.45) is 6.92. The van der Waals surface area contributed by atoms with Crippen LogP contribution in [0.3, 0.4) is 0 Å². The first-order chi connectivity index (χ1) is 4.97. The molecule has 0 nitrogen and oxygen atoms in total. The zero-order valence-electron chi connectivity index (χ0n) is 6.10. The van der Waals surface area contributed by atoms with E-state index in [1.807, 2.05) is 11.3 Å². The van der Waals surface area contributed by atoms with E-state index in [0.717, 1.165) is 0 Å². The Balaban J connectivity index is 2.28. The maximum atomic E-state index is 2.30. The van der Waals surface area contributed by atoms with Crippen LogP contribution in [0.5, 0.6) is 0 Å². The van der Waals surface area contributed by atoms with Crippen LogP contribution in [0.15, 0.2) is 11.4 Å². The van der Waals surface area contributed by atoms with Crippen LogP contribution in [0, 0.1) is 0 Å². The minimum atomic E-state index is 1.33. The van der Waals surface area contributed by atoms with Gasteiger partial charge < -0.3 is 0 Å². The maximum absolute atomic E-state index is 2.30. The first kappa shape index (κ1) is 6.41. The highest BCUT2D eigenvalue weighted by atomic mass is 32.1. The third-order valence-corrected chi connectivity index (χ3v) is 3.21. The molecule has 10 heavy (non-hydrogen) atoms. The van der Waals surface area contributed by atoms with E-state index in [1.165, 1.54) is 32.1 Å². The van der Waals surface area contributed by atoms with Crippen molar-refractivity contribution in [1.82, 2.24) is 0 Å². The quantitative estimate of drug-likeness (QED) is 0.501. The average Bonchev–Trinajstić information content (AvgIpc) is 2.28. The van der Waals surface area contributed by atoms with Crippen LogP contribution in [0.4, 0.5) is 0 Å². The highest BCUT2D eigenvalue weighted by Gasteiger charge is 2.07. The molecule has 0 saturated heterocycles. The molecule has 0 spiro atoms. The summed E-state index contributed by atoms with van der Waals surface area (Å²) in [4.78, 5) is 1.65. The summed E-state index contributed by atoms with van der Waals surface area (Å²) >= 11 is 1.94. The predicted molar refractivity (Wildman–Crippen MR) is 45.6 cm³/mol. The molecule has 0 saturated carbocycles. The highest BCUT2D eigenvalue weighted by Crippen LogP contribution is 2.24. The van der Waals surface area contributed by atoms with E-state index < -0.39 is 0 Å². The summed E-state index contributed by atoms with van der Waals surface area (Å²) in [5.41, 5.74) is 1.63. The van der Waals surface area contributed by atoms with Crippen LogP contribution >= 0.6 is 11.3 Å². The van der Waals surface area contributed by atoms with Gasteiger partial charge in [0.2, 0.25) is 0 Å². The van der Waals surface area contributed by atoms with E-state index in [-0.39, 0.29) is 0 Å². The normalized spacial score (nSPS) is 18.0. The first-order valence-electron chi connectivity index (χ1n) is 4.02. The number of fused-ring (bicyclic) bond motifs is 1. The summed E-state index contributed by atoms with van der Waals surface area (Å²) < 4.78 is 0. The third-order valence-electron chi connectivity index (χ3n) is 2.19. The van der Waals surface area contributed by atoms with Crippen molar-refractivity contribution in [2.45, 2.75) is 32.1 Å². The van der Waals surface area contributed by atoms with Gasteiger partial charge in [-0.15, -0.1) is 11.3 Å². The molecule has 54 valence electrons. The first-order valence-corrected chi connectivity index (χ1v) is 4.90. The van der Waals surface area contributed by atoms with Gasteiger partial charge in [0, 0.05) is 4.88 Å². The summed E-state index contributed by atoms with van der Waals surface area (Å²) in [7, 11) is 0. The van der Waals surface area contributed by atoms with Crippen molar-refractivity contribution >= 4 is 11.3 Å². The minimum absolute atomic E-state index is 1.33. The van der Waals surface area contributed by atoms with E-state index in [2.05, 4.69) is 11.4 Å². The molecule has 0 amide bonds. The molecule has 0 atom stereocenters. The topological polar surface area (TPSA) is 0 Å². The van der Waals surface area contributed by atoms with E-state index in [1.54, 1.807) is 10.4 Å². The van der Waals surface area contributed by atoms with Gasteiger partial charge in [0.25, 0.3) is 0 Å². The Morgan fingerprint density at radius 1 is 1.10 bits per heavy atom. The van der Waals surface area contributed by atoms with Gasteiger partial charge in [-0.3, -0.25) is 0 Å². The highest BCUT2D eigenvalue weighted by molar-refractivity contribution is 7.10. The molecule has 1 aromatic heterocycles. The smallest absolute Gasteiger partial charge is 0.00772 e. The van der Waals surface area contributed by atoms with E-state index >= 15 is 0 Å². The lowest BCUT2D eigenvalue weighted by Crippen LogP contribution is -1.80. The Hall–Kier alpha value is -0.300. The zero-order valence-corrected chi connectivity index (χ0v) is 6.91. The molecule has 1 heteroatoms. The SMILES string of the molecule is c1cc2c(s1)CCCCC2. The maximum Gasteiger partial charge on any atom is 0.00772 e. The van der Waals surface area contributed by atoms with Crippen molar-refractivity contribution in [3.8, 4) is 0 Å². The number of aryl methyl sites for hydroxylation is 2. The van der Waals surface area contributed by atoms with Crippen molar-refractivity contribution < 1.29 is 0 Å². The van der Waals surface area contributed by atoms with E-state index in [9.17, 15) is 0 Å². The molecule has 0 aromatic carbocycles. The van der Waals surface area contributed by atoms with Crippen LogP contribution in [-0.4, -0.2) is 0 Å². The van der Waals surface area contributed by atoms with Crippen molar-refractivity contribution in [1.29, 1.82) is 0 Å². The van der Waals surface area contributed by atoms with Crippen molar-refractivity contribution in [3.63, 3.8) is 0 Å². The van der Waals surface area contributed by atoms with Gasteiger partial charge in [0.05, 0.1) is 0 Å². The molecule has 1 heterocycles. The van der Waals surface area contributed by atoms with Gasteiger partial charge in [-0.1, -0.05) is 6.42 Å². The second-order valence-corrected chi connectivity index (χ2v) is 3.93. The molecule has 0 unspecified atom stereocenters. The fraction of sp³-hybridized carbons (Fsp3) is 0.556. The van der Waals surface area contributed by atoms with Gasteiger partial charge in [-0.05, 0) is 42.7 Å². The zero-order chi connectivity index (χ0) is 6.81. The standard InChI is InChI=1S/C9H12S/c1-2-4-8-6-7-10-9(8)5-3-1/h6-7H,1-5H2. The van der Waals surface area contributed by atoms with Crippen LogP contribution < -0.4 is 0 Å². The predicted octanol–water partition coefficient (Wildman–Crippen LogP) is 3.02. The molecule has 0 radical (unpaired) electrons. The largest absolute Gasteiger partial charge is 0.149 e. The van der Waals surface area contributed by atoms with Gasteiger partial charge in [0.1, 0.15) is 0 Å². The third kappa shape index (κ3) is 1.10. The fourth-order valence-corrected chi connectivity index (χ4v) is 2.57. The Morgan fingerprint density at radius 2 is 2.00 bits per heavy atom. The van der Waals surface area contributed by atoms with Crippen molar-refractivity contribution in [2.24, 2.45) is 0 Å². The van der Waals surface area contributed by atoms with Gasteiger partial charge in [-0.2, -0.15) is 0 Å².